The maximum absolute atomic E-state index is 12.6. The van der Waals surface area contributed by atoms with Crippen LogP contribution in [-0.4, -0.2) is 29.6 Å². The monoisotopic (exact) mass is 273 g/mol. The van der Waals surface area contributed by atoms with Gasteiger partial charge in [-0.15, -0.1) is 0 Å². The van der Waals surface area contributed by atoms with Gasteiger partial charge < -0.3 is 4.90 Å². The first-order valence-corrected chi connectivity index (χ1v) is 6.31. The molecule has 1 aromatic rings. The minimum Gasteiger partial charge on any atom is -0.327 e. The Kier molecular flexibility index (Phi) is 5.39. The Morgan fingerprint density at radius 3 is 2.11 bits per heavy atom. The molecule has 0 radical (unpaired) electrons. The number of benzene rings is 1. The van der Waals surface area contributed by atoms with Crippen molar-refractivity contribution < 1.29 is 18.0 Å². The van der Waals surface area contributed by atoms with E-state index in [0.717, 1.165) is 4.90 Å². The fourth-order valence-electron chi connectivity index (χ4n) is 2.04. The van der Waals surface area contributed by atoms with Gasteiger partial charge in [0.2, 0.25) is 0 Å². The average Bonchev–Trinajstić information content (AvgIpc) is 2.38. The largest absolute Gasteiger partial charge is 0.406 e. The van der Waals surface area contributed by atoms with Crippen LogP contribution >= 0.6 is 0 Å². The zero-order valence-electron chi connectivity index (χ0n) is 11.1. The van der Waals surface area contributed by atoms with E-state index in [0.29, 0.717) is 18.4 Å². The smallest absolute Gasteiger partial charge is 0.327 e. The van der Waals surface area contributed by atoms with Crippen LogP contribution in [0.3, 0.4) is 0 Å². The molecular weight excluding hydrogens is 255 g/mol. The molecule has 0 saturated heterocycles. The lowest BCUT2D eigenvalue weighted by molar-refractivity contribution is -0.144. The quantitative estimate of drug-likeness (QED) is 0.797. The van der Waals surface area contributed by atoms with Gasteiger partial charge in [-0.1, -0.05) is 32.0 Å². The van der Waals surface area contributed by atoms with Crippen molar-refractivity contribution in [2.75, 3.05) is 6.54 Å². The van der Waals surface area contributed by atoms with Crippen molar-refractivity contribution in [1.29, 1.82) is 0 Å². The Labute approximate surface area is 111 Å². The first-order valence-electron chi connectivity index (χ1n) is 6.31. The predicted octanol–water partition coefficient (Wildman–Crippen LogP) is 3.88. The highest BCUT2D eigenvalue weighted by Gasteiger charge is 2.35. The Bertz CT molecular complexity index is 399. The van der Waals surface area contributed by atoms with Crippen LogP contribution in [0.15, 0.2) is 30.3 Å². The number of alkyl halides is 3. The van der Waals surface area contributed by atoms with Crippen LogP contribution in [0.4, 0.5) is 13.2 Å². The summed E-state index contributed by atoms with van der Waals surface area (Å²) in [6, 6.07) is 7.69. The number of carbonyl (C=O) groups excluding carboxylic acids is 1. The summed E-state index contributed by atoms with van der Waals surface area (Å²) in [4.78, 5) is 13.1. The van der Waals surface area contributed by atoms with E-state index in [1.54, 1.807) is 32.0 Å². The molecule has 0 aliphatic carbocycles. The van der Waals surface area contributed by atoms with Crippen LogP contribution in [0.5, 0.6) is 0 Å². The van der Waals surface area contributed by atoms with Gasteiger partial charge in [-0.05, 0) is 25.0 Å². The highest BCUT2D eigenvalue weighted by molar-refractivity contribution is 5.94. The van der Waals surface area contributed by atoms with Crippen LogP contribution in [0.2, 0.25) is 0 Å². The minimum absolute atomic E-state index is 0.290. The highest BCUT2D eigenvalue weighted by atomic mass is 19.4. The van der Waals surface area contributed by atoms with E-state index in [-0.39, 0.29) is 0 Å². The van der Waals surface area contributed by atoms with Gasteiger partial charge in [0.25, 0.3) is 5.91 Å². The van der Waals surface area contributed by atoms with Crippen LogP contribution < -0.4 is 0 Å². The third kappa shape index (κ3) is 4.58. The SMILES string of the molecule is CCC(CC)N(CC(F)(F)F)C(=O)c1ccccc1. The minimum atomic E-state index is -4.38. The van der Waals surface area contributed by atoms with E-state index in [4.69, 9.17) is 0 Å². The molecule has 1 aromatic carbocycles. The van der Waals surface area contributed by atoms with Crippen molar-refractivity contribution >= 4 is 5.91 Å². The van der Waals surface area contributed by atoms with Crippen LogP contribution in [0, 0.1) is 0 Å². The van der Waals surface area contributed by atoms with Gasteiger partial charge in [0.15, 0.2) is 0 Å². The molecule has 106 valence electrons. The molecule has 0 saturated carbocycles. The molecule has 1 rings (SSSR count). The van der Waals surface area contributed by atoms with E-state index in [2.05, 4.69) is 0 Å². The number of amides is 1. The van der Waals surface area contributed by atoms with Gasteiger partial charge >= 0.3 is 6.18 Å². The van der Waals surface area contributed by atoms with Gasteiger partial charge in [-0.25, -0.2) is 0 Å². The summed E-state index contributed by atoms with van der Waals surface area (Å²) in [5.74, 6) is -0.563. The zero-order valence-corrected chi connectivity index (χ0v) is 11.1. The van der Waals surface area contributed by atoms with E-state index in [1.165, 1.54) is 12.1 Å². The summed E-state index contributed by atoms with van der Waals surface area (Å²) in [7, 11) is 0. The van der Waals surface area contributed by atoms with Crippen molar-refractivity contribution in [3.05, 3.63) is 35.9 Å². The molecule has 0 N–H and O–H groups in total. The fraction of sp³-hybridized carbons (Fsp3) is 0.500. The summed E-state index contributed by atoms with van der Waals surface area (Å²) in [6.45, 7) is 2.37. The van der Waals surface area contributed by atoms with Crippen LogP contribution in [0.25, 0.3) is 0 Å². The lowest BCUT2D eigenvalue weighted by atomic mass is 10.1. The van der Waals surface area contributed by atoms with Gasteiger partial charge in [0.1, 0.15) is 6.54 Å². The lowest BCUT2D eigenvalue weighted by Gasteiger charge is -2.31. The summed E-state index contributed by atoms with van der Waals surface area (Å²) in [6.07, 6.45) is -3.37. The first-order chi connectivity index (χ1) is 8.89. The maximum atomic E-state index is 12.6. The van der Waals surface area contributed by atoms with Crippen molar-refractivity contribution in [3.63, 3.8) is 0 Å². The second kappa shape index (κ2) is 6.59. The molecule has 1 amide bonds. The fourth-order valence-corrected chi connectivity index (χ4v) is 2.04. The van der Waals surface area contributed by atoms with Crippen molar-refractivity contribution in [2.24, 2.45) is 0 Å². The number of carbonyl (C=O) groups is 1. The van der Waals surface area contributed by atoms with Gasteiger partial charge in [0, 0.05) is 11.6 Å². The molecule has 0 spiro atoms. The average molecular weight is 273 g/mol. The Morgan fingerprint density at radius 1 is 1.16 bits per heavy atom. The summed E-state index contributed by atoms with van der Waals surface area (Å²) < 4.78 is 37.9. The molecule has 0 fully saturated rings. The Morgan fingerprint density at radius 2 is 1.68 bits per heavy atom. The van der Waals surface area contributed by atoms with Gasteiger partial charge in [-0.2, -0.15) is 13.2 Å². The number of hydrogen-bond donors (Lipinski definition) is 0. The van der Waals surface area contributed by atoms with E-state index in [1.807, 2.05) is 0 Å². The summed E-state index contributed by atoms with van der Waals surface area (Å²) >= 11 is 0. The molecule has 0 aromatic heterocycles. The topological polar surface area (TPSA) is 20.3 Å². The molecular formula is C14H18F3NO. The molecule has 5 heteroatoms. The molecule has 0 atom stereocenters. The standard InChI is InChI=1S/C14H18F3NO/c1-3-12(4-2)18(10-14(15,16)17)13(19)11-8-6-5-7-9-11/h5-9,12H,3-4,10H2,1-2H3. The third-order valence-corrected chi connectivity index (χ3v) is 3.01. The third-order valence-electron chi connectivity index (χ3n) is 3.01. The number of nitrogens with zero attached hydrogens (tertiary/aromatic N) is 1. The van der Waals surface area contributed by atoms with Crippen molar-refractivity contribution in [3.8, 4) is 0 Å². The van der Waals surface area contributed by atoms with E-state index < -0.39 is 24.7 Å². The molecule has 0 bridgehead atoms. The second-order valence-corrected chi connectivity index (χ2v) is 4.38. The van der Waals surface area contributed by atoms with Gasteiger partial charge in [0.05, 0.1) is 0 Å². The molecule has 0 unspecified atom stereocenters. The van der Waals surface area contributed by atoms with Crippen molar-refractivity contribution in [1.82, 2.24) is 4.90 Å². The van der Waals surface area contributed by atoms with Crippen LogP contribution in [0.1, 0.15) is 37.0 Å². The van der Waals surface area contributed by atoms with Gasteiger partial charge in [-0.3, -0.25) is 4.79 Å². The molecule has 0 aliphatic heterocycles. The normalized spacial score (nSPS) is 11.7. The van der Waals surface area contributed by atoms with E-state index in [9.17, 15) is 18.0 Å². The van der Waals surface area contributed by atoms with Crippen molar-refractivity contribution in [2.45, 2.75) is 38.9 Å². The number of rotatable bonds is 5. The lowest BCUT2D eigenvalue weighted by Crippen LogP contribution is -2.45. The maximum Gasteiger partial charge on any atom is 0.406 e. The number of halogens is 3. The predicted molar refractivity (Wildman–Crippen MR) is 67.9 cm³/mol. The Hall–Kier alpha value is -1.52. The van der Waals surface area contributed by atoms with Crippen LogP contribution in [-0.2, 0) is 0 Å². The second-order valence-electron chi connectivity index (χ2n) is 4.38. The van der Waals surface area contributed by atoms with E-state index >= 15 is 0 Å². The zero-order chi connectivity index (χ0) is 14.5. The molecule has 0 heterocycles. The number of hydrogen-bond acceptors (Lipinski definition) is 1. The summed E-state index contributed by atoms with van der Waals surface area (Å²) in [5.41, 5.74) is 0.290. The molecule has 2 nitrogen and oxygen atoms in total. The Balaban J connectivity index is 2.99. The molecule has 0 aliphatic rings. The first kappa shape index (κ1) is 15.5. The summed E-state index contributed by atoms with van der Waals surface area (Å²) in [5, 5.41) is 0. The highest BCUT2D eigenvalue weighted by Crippen LogP contribution is 2.22. The molecule has 19 heavy (non-hydrogen) atoms.